The zero-order valence-electron chi connectivity index (χ0n) is 9.49. The summed E-state index contributed by atoms with van der Waals surface area (Å²) in [6.45, 7) is 3.11. The maximum Gasteiger partial charge on any atom is 0.155 e. The first-order valence-corrected chi connectivity index (χ1v) is 7.68. The van der Waals surface area contributed by atoms with Crippen molar-refractivity contribution >= 4 is 28.9 Å². The van der Waals surface area contributed by atoms with Crippen LogP contribution in [-0.2, 0) is 17.6 Å². The summed E-state index contributed by atoms with van der Waals surface area (Å²) in [5, 5.41) is 3.29. The molecular formula is C12H17NOS2. The summed E-state index contributed by atoms with van der Waals surface area (Å²) in [7, 11) is 0. The van der Waals surface area contributed by atoms with Gasteiger partial charge in [-0.2, -0.15) is 11.8 Å². The van der Waals surface area contributed by atoms with Crippen LogP contribution < -0.4 is 5.32 Å². The predicted molar refractivity (Wildman–Crippen MR) is 71.5 cm³/mol. The summed E-state index contributed by atoms with van der Waals surface area (Å²) in [5.74, 6) is 2.41. The van der Waals surface area contributed by atoms with E-state index >= 15 is 0 Å². The normalized spacial score (nSPS) is 20.9. The number of hydrogen-bond acceptors (Lipinski definition) is 4. The first-order valence-electron chi connectivity index (χ1n) is 5.71. The van der Waals surface area contributed by atoms with Crippen LogP contribution in [-0.4, -0.2) is 29.9 Å². The highest BCUT2D eigenvalue weighted by molar-refractivity contribution is 7.99. The van der Waals surface area contributed by atoms with Crippen molar-refractivity contribution in [2.45, 2.75) is 25.8 Å². The molecule has 2 heterocycles. The van der Waals surface area contributed by atoms with E-state index < -0.39 is 0 Å². The third-order valence-corrected chi connectivity index (χ3v) is 5.02. The molecule has 2 nitrogen and oxygen atoms in total. The lowest BCUT2D eigenvalue weighted by Gasteiger charge is -2.21. The topological polar surface area (TPSA) is 29.1 Å². The molecule has 0 spiro atoms. The smallest absolute Gasteiger partial charge is 0.155 e. The van der Waals surface area contributed by atoms with Gasteiger partial charge in [0.1, 0.15) is 0 Å². The van der Waals surface area contributed by atoms with Gasteiger partial charge in [-0.15, -0.1) is 11.3 Å². The molecule has 0 aliphatic carbocycles. The lowest BCUT2D eigenvalue weighted by Crippen LogP contribution is -2.43. The number of thioether (sulfide) groups is 1. The van der Waals surface area contributed by atoms with Crippen molar-refractivity contribution in [3.8, 4) is 0 Å². The van der Waals surface area contributed by atoms with E-state index in [1.165, 1.54) is 9.75 Å². The minimum Gasteiger partial charge on any atom is -0.306 e. The minimum atomic E-state index is 0.0749. The summed E-state index contributed by atoms with van der Waals surface area (Å²) in [4.78, 5) is 14.6. The highest BCUT2D eigenvalue weighted by atomic mass is 32.2. The summed E-state index contributed by atoms with van der Waals surface area (Å²) >= 11 is 3.64. The Balaban J connectivity index is 1.90. The summed E-state index contributed by atoms with van der Waals surface area (Å²) < 4.78 is 0. The quantitative estimate of drug-likeness (QED) is 0.893. The summed E-state index contributed by atoms with van der Waals surface area (Å²) in [5.41, 5.74) is 0. The molecule has 16 heavy (non-hydrogen) atoms. The maximum atomic E-state index is 12.0. The molecule has 0 saturated carbocycles. The molecule has 0 aromatic carbocycles. The first kappa shape index (κ1) is 12.1. The molecule has 1 aromatic rings. The van der Waals surface area contributed by atoms with Crippen LogP contribution in [0, 0.1) is 0 Å². The van der Waals surface area contributed by atoms with Crippen molar-refractivity contribution in [1.29, 1.82) is 0 Å². The van der Waals surface area contributed by atoms with Gasteiger partial charge in [0.25, 0.3) is 0 Å². The Morgan fingerprint density at radius 3 is 2.94 bits per heavy atom. The predicted octanol–water partition coefficient (Wildman–Crippen LogP) is 2.13. The number of nitrogens with one attached hydrogen (secondary N) is 1. The maximum absolute atomic E-state index is 12.0. The monoisotopic (exact) mass is 255 g/mol. The number of carbonyl (C=O) groups excluding carboxylic acids is 1. The second-order valence-corrected chi connectivity index (χ2v) is 6.35. The molecule has 0 radical (unpaired) electrons. The van der Waals surface area contributed by atoms with E-state index in [9.17, 15) is 4.79 Å². The van der Waals surface area contributed by atoms with E-state index in [0.29, 0.717) is 12.2 Å². The molecule has 4 heteroatoms. The zero-order valence-corrected chi connectivity index (χ0v) is 11.1. The molecule has 1 saturated heterocycles. The fourth-order valence-electron chi connectivity index (χ4n) is 1.77. The van der Waals surface area contributed by atoms with Gasteiger partial charge in [0, 0.05) is 34.2 Å². The van der Waals surface area contributed by atoms with E-state index in [2.05, 4.69) is 24.4 Å². The van der Waals surface area contributed by atoms with Crippen LogP contribution >= 0.6 is 23.1 Å². The Hall–Kier alpha value is -0.320. The van der Waals surface area contributed by atoms with E-state index in [-0.39, 0.29) is 6.04 Å². The Morgan fingerprint density at radius 2 is 2.31 bits per heavy atom. The SMILES string of the molecule is CCc1ccc(CC(=O)C2CSCCN2)s1. The molecule has 2 rings (SSSR count). The molecule has 1 fully saturated rings. The molecule has 0 bridgehead atoms. The van der Waals surface area contributed by atoms with Crippen LogP contribution in [0.3, 0.4) is 0 Å². The summed E-state index contributed by atoms with van der Waals surface area (Å²) in [6, 6.07) is 4.30. The highest BCUT2D eigenvalue weighted by Crippen LogP contribution is 2.19. The number of hydrogen-bond donors (Lipinski definition) is 1. The number of ketones is 1. The molecule has 1 aliphatic rings. The number of aryl methyl sites for hydroxylation is 1. The van der Waals surface area contributed by atoms with Gasteiger partial charge in [0.05, 0.1) is 6.04 Å². The first-order chi connectivity index (χ1) is 7.79. The van der Waals surface area contributed by atoms with Crippen molar-refractivity contribution in [1.82, 2.24) is 5.32 Å². The number of Topliss-reactive ketones (excluding diaryl/α,β-unsaturated/α-hetero) is 1. The Morgan fingerprint density at radius 1 is 1.50 bits per heavy atom. The van der Waals surface area contributed by atoms with Gasteiger partial charge in [-0.1, -0.05) is 6.92 Å². The molecular weight excluding hydrogens is 238 g/mol. The van der Waals surface area contributed by atoms with E-state index in [4.69, 9.17) is 0 Å². The van der Waals surface area contributed by atoms with Crippen molar-refractivity contribution in [2.24, 2.45) is 0 Å². The van der Waals surface area contributed by atoms with Crippen LogP contribution in [0.15, 0.2) is 12.1 Å². The molecule has 88 valence electrons. The molecule has 1 N–H and O–H groups in total. The standard InChI is InChI=1S/C12H17NOS2/c1-2-9-3-4-10(16-9)7-12(14)11-8-15-6-5-13-11/h3-4,11,13H,2,5-8H2,1H3. The van der Waals surface area contributed by atoms with Crippen molar-refractivity contribution in [2.75, 3.05) is 18.1 Å². The van der Waals surface area contributed by atoms with Crippen molar-refractivity contribution < 1.29 is 4.79 Å². The number of rotatable bonds is 4. The lowest BCUT2D eigenvalue weighted by atomic mass is 10.1. The minimum absolute atomic E-state index is 0.0749. The van der Waals surface area contributed by atoms with Gasteiger partial charge in [-0.3, -0.25) is 4.79 Å². The van der Waals surface area contributed by atoms with E-state index in [1.54, 1.807) is 11.3 Å². The number of thiophene rings is 1. The van der Waals surface area contributed by atoms with Gasteiger partial charge in [-0.05, 0) is 18.6 Å². The average molecular weight is 255 g/mol. The Kier molecular flexibility index (Phi) is 4.44. The lowest BCUT2D eigenvalue weighted by molar-refractivity contribution is -0.119. The van der Waals surface area contributed by atoms with Crippen molar-refractivity contribution in [3.63, 3.8) is 0 Å². The molecule has 1 aromatic heterocycles. The van der Waals surface area contributed by atoms with E-state index in [1.807, 2.05) is 11.8 Å². The van der Waals surface area contributed by atoms with Crippen LogP contribution in [0.2, 0.25) is 0 Å². The summed E-state index contributed by atoms with van der Waals surface area (Å²) in [6.07, 6.45) is 1.67. The van der Waals surface area contributed by atoms with Crippen LogP contribution in [0.1, 0.15) is 16.7 Å². The van der Waals surface area contributed by atoms with Crippen LogP contribution in [0.4, 0.5) is 0 Å². The van der Waals surface area contributed by atoms with E-state index in [0.717, 1.165) is 24.5 Å². The molecule has 0 amide bonds. The Labute approximate surface area is 105 Å². The van der Waals surface area contributed by atoms with Gasteiger partial charge in [0.2, 0.25) is 0 Å². The number of carbonyl (C=O) groups is 1. The van der Waals surface area contributed by atoms with Gasteiger partial charge >= 0.3 is 0 Å². The van der Waals surface area contributed by atoms with Crippen LogP contribution in [0.5, 0.6) is 0 Å². The molecule has 1 aliphatic heterocycles. The molecule has 1 atom stereocenters. The van der Waals surface area contributed by atoms with Crippen LogP contribution in [0.25, 0.3) is 0 Å². The second kappa shape index (κ2) is 5.84. The van der Waals surface area contributed by atoms with Gasteiger partial charge < -0.3 is 5.32 Å². The largest absolute Gasteiger partial charge is 0.306 e. The highest BCUT2D eigenvalue weighted by Gasteiger charge is 2.21. The third kappa shape index (κ3) is 3.09. The average Bonchev–Trinajstić information content (AvgIpc) is 2.78. The van der Waals surface area contributed by atoms with Crippen molar-refractivity contribution in [3.05, 3.63) is 21.9 Å². The second-order valence-electron chi connectivity index (χ2n) is 3.95. The fraction of sp³-hybridized carbons (Fsp3) is 0.583. The fourth-order valence-corrected chi connectivity index (χ4v) is 3.71. The van der Waals surface area contributed by atoms with Gasteiger partial charge in [-0.25, -0.2) is 0 Å². The molecule has 1 unspecified atom stereocenters. The zero-order chi connectivity index (χ0) is 11.4. The third-order valence-electron chi connectivity index (χ3n) is 2.72. The van der Waals surface area contributed by atoms with Gasteiger partial charge in [0.15, 0.2) is 5.78 Å². The Bertz CT molecular complexity index is 356.